The van der Waals surface area contributed by atoms with Crippen LogP contribution in [0.4, 0.5) is 24.5 Å². The van der Waals surface area contributed by atoms with E-state index >= 15 is 0 Å². The molecule has 9 heteroatoms. The van der Waals surface area contributed by atoms with Crippen molar-refractivity contribution in [3.05, 3.63) is 48.0 Å². The van der Waals surface area contributed by atoms with Crippen LogP contribution < -0.4 is 19.7 Å². The lowest BCUT2D eigenvalue weighted by atomic mass is 10.1. The number of rotatable bonds is 6. The van der Waals surface area contributed by atoms with E-state index in [1.165, 1.54) is 30.2 Å². The summed E-state index contributed by atoms with van der Waals surface area (Å²) in [6, 6.07) is 11.3. The first-order valence-corrected chi connectivity index (χ1v) is 9.22. The van der Waals surface area contributed by atoms with E-state index in [9.17, 15) is 22.8 Å². The molecule has 0 aliphatic carbocycles. The molecule has 0 aromatic heterocycles. The van der Waals surface area contributed by atoms with Crippen molar-refractivity contribution in [2.75, 3.05) is 30.5 Å². The minimum absolute atomic E-state index is 0.0193. The predicted molar refractivity (Wildman–Crippen MR) is 105 cm³/mol. The molecular formula is C21H21F3N2O4. The number of anilines is 2. The van der Waals surface area contributed by atoms with Gasteiger partial charge in [-0.2, -0.15) is 13.2 Å². The van der Waals surface area contributed by atoms with E-state index in [0.29, 0.717) is 11.4 Å². The molecule has 0 saturated carbocycles. The maximum absolute atomic E-state index is 12.7. The van der Waals surface area contributed by atoms with E-state index in [1.54, 1.807) is 18.2 Å². The standard InChI is InChI=1S/C21H21F3N2O4/c1-13-7-8-18(29-2)16(9-13)26-11-14(10-19(26)27)20(28)25-15-5-3-4-6-17(15)30-12-21(22,23)24/h3-9,14H,10-12H2,1-2H3,(H,25,28). The SMILES string of the molecule is COc1ccc(C)cc1N1CC(C(=O)Nc2ccccc2OCC(F)(F)F)CC1=O. The fraction of sp³-hybridized carbons (Fsp3) is 0.333. The quantitative estimate of drug-likeness (QED) is 0.766. The van der Waals surface area contributed by atoms with Gasteiger partial charge in [-0.15, -0.1) is 0 Å². The number of hydrogen-bond acceptors (Lipinski definition) is 4. The van der Waals surface area contributed by atoms with Crippen LogP contribution in [0.2, 0.25) is 0 Å². The Labute approximate surface area is 171 Å². The molecule has 1 heterocycles. The molecule has 30 heavy (non-hydrogen) atoms. The van der Waals surface area contributed by atoms with Crippen LogP contribution in [0.1, 0.15) is 12.0 Å². The lowest BCUT2D eigenvalue weighted by Gasteiger charge is -2.20. The fourth-order valence-corrected chi connectivity index (χ4v) is 3.22. The van der Waals surface area contributed by atoms with Crippen molar-refractivity contribution >= 4 is 23.2 Å². The Morgan fingerprint density at radius 1 is 1.20 bits per heavy atom. The van der Waals surface area contributed by atoms with Crippen molar-refractivity contribution in [2.45, 2.75) is 19.5 Å². The molecule has 1 fully saturated rings. The van der Waals surface area contributed by atoms with Crippen LogP contribution in [0.5, 0.6) is 11.5 Å². The van der Waals surface area contributed by atoms with Crippen LogP contribution in [0.15, 0.2) is 42.5 Å². The molecule has 1 unspecified atom stereocenters. The van der Waals surface area contributed by atoms with Crippen molar-refractivity contribution in [2.24, 2.45) is 5.92 Å². The largest absolute Gasteiger partial charge is 0.495 e. The molecule has 1 N–H and O–H groups in total. The van der Waals surface area contributed by atoms with Crippen LogP contribution in [0.25, 0.3) is 0 Å². The highest BCUT2D eigenvalue weighted by Gasteiger charge is 2.36. The molecule has 160 valence electrons. The van der Waals surface area contributed by atoms with Gasteiger partial charge in [-0.3, -0.25) is 9.59 Å². The minimum atomic E-state index is -4.50. The number of aryl methyl sites for hydroxylation is 1. The van der Waals surface area contributed by atoms with Gasteiger partial charge in [0.25, 0.3) is 0 Å². The molecule has 1 aliphatic rings. The monoisotopic (exact) mass is 422 g/mol. The third kappa shape index (κ3) is 5.03. The van der Waals surface area contributed by atoms with Crippen LogP contribution >= 0.6 is 0 Å². The van der Waals surface area contributed by atoms with Crippen LogP contribution in [0.3, 0.4) is 0 Å². The highest BCUT2D eigenvalue weighted by atomic mass is 19.4. The summed E-state index contributed by atoms with van der Waals surface area (Å²) >= 11 is 0. The summed E-state index contributed by atoms with van der Waals surface area (Å²) in [5, 5.41) is 2.58. The van der Waals surface area contributed by atoms with Crippen molar-refractivity contribution in [1.29, 1.82) is 0 Å². The molecule has 1 aliphatic heterocycles. The minimum Gasteiger partial charge on any atom is -0.495 e. The number of para-hydroxylation sites is 2. The number of methoxy groups -OCH3 is 1. The third-order valence-electron chi connectivity index (χ3n) is 4.66. The highest BCUT2D eigenvalue weighted by Crippen LogP contribution is 2.35. The molecule has 3 rings (SSSR count). The van der Waals surface area contributed by atoms with E-state index in [-0.39, 0.29) is 30.3 Å². The van der Waals surface area contributed by atoms with E-state index in [2.05, 4.69) is 5.32 Å². The summed E-state index contributed by atoms with van der Waals surface area (Å²) in [6.07, 6.45) is -4.52. The molecular weight excluding hydrogens is 401 g/mol. The highest BCUT2D eigenvalue weighted by molar-refractivity contribution is 6.04. The van der Waals surface area contributed by atoms with Gasteiger partial charge in [-0.1, -0.05) is 18.2 Å². The van der Waals surface area contributed by atoms with Gasteiger partial charge >= 0.3 is 6.18 Å². The molecule has 0 spiro atoms. The van der Waals surface area contributed by atoms with Gasteiger partial charge in [0.15, 0.2) is 6.61 Å². The van der Waals surface area contributed by atoms with Gasteiger partial charge in [0.2, 0.25) is 11.8 Å². The number of benzene rings is 2. The number of carbonyl (C=O) groups excluding carboxylic acids is 2. The Morgan fingerprint density at radius 3 is 2.63 bits per heavy atom. The topological polar surface area (TPSA) is 67.9 Å². The normalized spacial score (nSPS) is 16.5. The number of ether oxygens (including phenoxy) is 2. The molecule has 2 aromatic carbocycles. The maximum Gasteiger partial charge on any atom is 0.422 e. The van der Waals surface area contributed by atoms with Gasteiger partial charge in [0.1, 0.15) is 11.5 Å². The third-order valence-corrected chi connectivity index (χ3v) is 4.66. The van der Waals surface area contributed by atoms with Crippen molar-refractivity contribution in [1.82, 2.24) is 0 Å². The second-order valence-electron chi connectivity index (χ2n) is 6.97. The van der Waals surface area contributed by atoms with Gasteiger partial charge < -0.3 is 19.7 Å². The number of halogens is 3. The first-order valence-electron chi connectivity index (χ1n) is 9.22. The van der Waals surface area contributed by atoms with Gasteiger partial charge in [-0.25, -0.2) is 0 Å². The summed E-state index contributed by atoms with van der Waals surface area (Å²) in [6.45, 7) is 0.546. The van der Waals surface area contributed by atoms with Crippen LogP contribution in [0, 0.1) is 12.8 Å². The zero-order chi connectivity index (χ0) is 21.9. The number of amides is 2. The smallest absolute Gasteiger partial charge is 0.422 e. The average molecular weight is 422 g/mol. The van der Waals surface area contributed by atoms with E-state index in [0.717, 1.165) is 5.56 Å². The maximum atomic E-state index is 12.7. The Morgan fingerprint density at radius 2 is 1.93 bits per heavy atom. The zero-order valence-electron chi connectivity index (χ0n) is 16.5. The molecule has 1 atom stereocenters. The van der Waals surface area contributed by atoms with E-state index in [1.807, 2.05) is 13.0 Å². The van der Waals surface area contributed by atoms with Crippen LogP contribution in [-0.2, 0) is 9.59 Å². The molecule has 0 radical (unpaired) electrons. The molecule has 6 nitrogen and oxygen atoms in total. The Bertz CT molecular complexity index is 946. The van der Waals surface area contributed by atoms with E-state index < -0.39 is 24.6 Å². The fourth-order valence-electron chi connectivity index (χ4n) is 3.22. The second-order valence-corrected chi connectivity index (χ2v) is 6.97. The lowest BCUT2D eigenvalue weighted by Crippen LogP contribution is -2.28. The Kier molecular flexibility index (Phi) is 6.19. The molecule has 0 bridgehead atoms. The summed E-state index contributed by atoms with van der Waals surface area (Å²) in [7, 11) is 1.50. The molecule has 2 amide bonds. The summed E-state index contributed by atoms with van der Waals surface area (Å²) in [5.41, 5.74) is 1.62. The Hall–Kier alpha value is -3.23. The number of nitrogens with zero attached hydrogens (tertiary/aromatic N) is 1. The van der Waals surface area contributed by atoms with Crippen molar-refractivity contribution < 1.29 is 32.2 Å². The first-order chi connectivity index (χ1) is 14.2. The summed E-state index contributed by atoms with van der Waals surface area (Å²) in [5.74, 6) is -0.954. The number of carbonyl (C=O) groups is 2. The average Bonchev–Trinajstić information content (AvgIpc) is 3.08. The van der Waals surface area contributed by atoms with Crippen LogP contribution in [-0.4, -0.2) is 38.3 Å². The molecule has 2 aromatic rings. The van der Waals surface area contributed by atoms with E-state index in [4.69, 9.17) is 9.47 Å². The zero-order valence-corrected chi connectivity index (χ0v) is 16.5. The van der Waals surface area contributed by atoms with Crippen molar-refractivity contribution in [3.8, 4) is 11.5 Å². The predicted octanol–water partition coefficient (Wildman–Crippen LogP) is 3.94. The Balaban J connectivity index is 1.73. The second kappa shape index (κ2) is 8.64. The summed E-state index contributed by atoms with van der Waals surface area (Å²) < 4.78 is 47.5. The number of nitrogens with one attached hydrogen (secondary N) is 1. The summed E-state index contributed by atoms with van der Waals surface area (Å²) in [4.78, 5) is 26.7. The molecule has 1 saturated heterocycles. The van der Waals surface area contributed by atoms with Gasteiger partial charge in [-0.05, 0) is 36.8 Å². The van der Waals surface area contributed by atoms with Crippen molar-refractivity contribution in [3.63, 3.8) is 0 Å². The first kappa shape index (κ1) is 21.5. The van der Waals surface area contributed by atoms with Gasteiger partial charge in [0.05, 0.1) is 24.4 Å². The lowest BCUT2D eigenvalue weighted by molar-refractivity contribution is -0.153. The number of alkyl halides is 3. The number of hydrogen-bond donors (Lipinski definition) is 1. The van der Waals surface area contributed by atoms with Gasteiger partial charge in [0, 0.05) is 13.0 Å².